The van der Waals surface area contributed by atoms with Gasteiger partial charge in [0.2, 0.25) is 0 Å². The van der Waals surface area contributed by atoms with Crippen molar-refractivity contribution in [3.05, 3.63) is 71.4 Å². The van der Waals surface area contributed by atoms with E-state index in [0.717, 1.165) is 11.6 Å². The summed E-state index contributed by atoms with van der Waals surface area (Å²) in [5, 5.41) is 18.5. The molecule has 12 heteroatoms. The number of hydrogen-bond donors (Lipinski definition) is 2. The number of benzene rings is 2. The van der Waals surface area contributed by atoms with Gasteiger partial charge in [-0.1, -0.05) is 11.2 Å². The summed E-state index contributed by atoms with van der Waals surface area (Å²) in [6.45, 7) is 0.210. The topological polar surface area (TPSA) is 122 Å². The molecule has 0 saturated carbocycles. The zero-order valence-corrected chi connectivity index (χ0v) is 17.1. The van der Waals surface area contributed by atoms with Crippen molar-refractivity contribution in [3.63, 3.8) is 0 Å². The predicted octanol–water partition coefficient (Wildman–Crippen LogP) is 3.01. The average Bonchev–Trinajstić information content (AvgIpc) is 3.22. The van der Waals surface area contributed by atoms with E-state index in [1.807, 2.05) is 0 Å². The van der Waals surface area contributed by atoms with Crippen molar-refractivity contribution < 1.29 is 26.8 Å². The largest absolute Gasteiger partial charge is 0.435 e. The van der Waals surface area contributed by atoms with Gasteiger partial charge < -0.3 is 10.9 Å². The summed E-state index contributed by atoms with van der Waals surface area (Å²) in [6.07, 6.45) is -4.15. The summed E-state index contributed by atoms with van der Waals surface area (Å²) in [7, 11) is -3.86. The number of aromatic nitrogens is 2. The molecular formula is C20H16F3N5O3S. The molecule has 1 aliphatic rings. The maximum absolute atomic E-state index is 13.1. The molecule has 3 N–H and O–H groups in total. The second-order valence-corrected chi connectivity index (χ2v) is 8.84. The van der Waals surface area contributed by atoms with E-state index in [0.29, 0.717) is 23.2 Å². The van der Waals surface area contributed by atoms with Crippen LogP contribution >= 0.6 is 0 Å². The Morgan fingerprint density at radius 1 is 1.06 bits per heavy atom. The van der Waals surface area contributed by atoms with Crippen LogP contribution in [0.3, 0.4) is 0 Å². The molecule has 4 rings (SSSR count). The van der Waals surface area contributed by atoms with Crippen molar-refractivity contribution in [1.82, 2.24) is 10.2 Å². The second-order valence-electron chi connectivity index (χ2n) is 6.98. The van der Waals surface area contributed by atoms with Crippen LogP contribution in [0, 0.1) is 0 Å². The van der Waals surface area contributed by atoms with E-state index in [9.17, 15) is 21.6 Å². The fourth-order valence-corrected chi connectivity index (χ4v) is 4.90. The number of sulfonamides is 1. The van der Waals surface area contributed by atoms with Crippen LogP contribution in [0.1, 0.15) is 16.8 Å². The molecule has 1 aromatic heterocycles. The number of fused-ring (bicyclic) bond motifs is 1. The minimum atomic E-state index is -4.58. The summed E-state index contributed by atoms with van der Waals surface area (Å²) in [4.78, 5) is 0.0394. The Balaban J connectivity index is 1.62. The van der Waals surface area contributed by atoms with E-state index < -0.39 is 21.9 Å². The van der Waals surface area contributed by atoms with Gasteiger partial charge in [0.25, 0.3) is 10.0 Å². The average molecular weight is 463 g/mol. The molecule has 0 aliphatic carbocycles. The summed E-state index contributed by atoms with van der Waals surface area (Å²) >= 11 is 0. The number of nitrogens with zero attached hydrogens (tertiary/aromatic N) is 4. The van der Waals surface area contributed by atoms with Gasteiger partial charge in [-0.3, -0.25) is 4.31 Å². The van der Waals surface area contributed by atoms with Crippen LogP contribution in [0.25, 0.3) is 11.3 Å². The number of rotatable bonds is 4. The molecule has 0 spiro atoms. The Morgan fingerprint density at radius 2 is 1.78 bits per heavy atom. The predicted molar refractivity (Wildman–Crippen MR) is 110 cm³/mol. The molecule has 3 aromatic rings. The standard InChI is InChI=1S/C20H16F3N5O3S/c21-20(22,23)18-8-6-16(25-26-18)13-3-7-17-14(11-13)9-10-28(17)32(30,31)15-4-1-12(2-5-15)19(24)27-29/h1-8,11,29H,9-10H2,(H2,24,27). The number of alkyl halides is 3. The fourth-order valence-electron chi connectivity index (χ4n) is 3.40. The number of nitrogens with two attached hydrogens (primary N) is 1. The van der Waals surface area contributed by atoms with Crippen LogP contribution in [-0.4, -0.2) is 36.2 Å². The van der Waals surface area contributed by atoms with Gasteiger partial charge in [0.1, 0.15) is 0 Å². The zero-order chi connectivity index (χ0) is 23.1. The van der Waals surface area contributed by atoms with Crippen molar-refractivity contribution in [2.75, 3.05) is 10.8 Å². The Morgan fingerprint density at radius 3 is 2.38 bits per heavy atom. The maximum atomic E-state index is 13.1. The highest BCUT2D eigenvalue weighted by atomic mass is 32.2. The van der Waals surface area contributed by atoms with Crippen molar-refractivity contribution in [1.29, 1.82) is 0 Å². The van der Waals surface area contributed by atoms with Gasteiger partial charge in [0, 0.05) is 17.7 Å². The van der Waals surface area contributed by atoms with E-state index in [-0.39, 0.29) is 23.0 Å². The highest BCUT2D eigenvalue weighted by Crippen LogP contribution is 2.36. The lowest BCUT2D eigenvalue weighted by molar-refractivity contribution is -0.141. The first-order chi connectivity index (χ1) is 15.1. The van der Waals surface area contributed by atoms with Crippen molar-refractivity contribution >= 4 is 21.5 Å². The van der Waals surface area contributed by atoms with Gasteiger partial charge in [-0.15, -0.1) is 10.2 Å². The van der Waals surface area contributed by atoms with Crippen LogP contribution in [0.15, 0.2) is 64.6 Å². The van der Waals surface area contributed by atoms with E-state index in [1.165, 1.54) is 34.6 Å². The van der Waals surface area contributed by atoms with Crippen LogP contribution in [-0.2, 0) is 22.6 Å². The molecule has 32 heavy (non-hydrogen) atoms. The molecule has 2 heterocycles. The normalized spacial score (nSPS) is 14.5. The first-order valence-corrected chi connectivity index (χ1v) is 10.7. The maximum Gasteiger partial charge on any atom is 0.435 e. The minimum absolute atomic E-state index is 0.0394. The molecule has 0 radical (unpaired) electrons. The first-order valence-electron chi connectivity index (χ1n) is 9.26. The molecule has 0 unspecified atom stereocenters. The Bertz CT molecular complexity index is 1290. The fraction of sp³-hybridized carbons (Fsp3) is 0.150. The molecule has 166 valence electrons. The molecule has 1 aliphatic heterocycles. The van der Waals surface area contributed by atoms with E-state index >= 15 is 0 Å². The molecule has 0 fully saturated rings. The number of hydrogen-bond acceptors (Lipinski definition) is 6. The van der Waals surface area contributed by atoms with E-state index in [1.54, 1.807) is 18.2 Å². The Hall–Kier alpha value is -3.67. The van der Waals surface area contributed by atoms with Crippen LogP contribution < -0.4 is 10.0 Å². The lowest BCUT2D eigenvalue weighted by atomic mass is 10.1. The lowest BCUT2D eigenvalue weighted by Gasteiger charge is -2.20. The van der Waals surface area contributed by atoms with Gasteiger partial charge >= 0.3 is 6.18 Å². The third kappa shape index (κ3) is 3.84. The zero-order valence-electron chi connectivity index (χ0n) is 16.3. The van der Waals surface area contributed by atoms with E-state index in [4.69, 9.17) is 10.9 Å². The monoisotopic (exact) mass is 463 g/mol. The third-order valence-electron chi connectivity index (χ3n) is 5.03. The number of halogens is 3. The molecule has 2 aromatic carbocycles. The molecular weight excluding hydrogens is 447 g/mol. The van der Waals surface area contributed by atoms with Gasteiger partial charge in [-0.2, -0.15) is 13.2 Å². The third-order valence-corrected chi connectivity index (χ3v) is 6.86. The molecule has 0 saturated heterocycles. The summed E-state index contributed by atoms with van der Waals surface area (Å²) in [5.41, 5.74) is 6.78. The van der Waals surface area contributed by atoms with Gasteiger partial charge in [-0.25, -0.2) is 8.42 Å². The number of amidine groups is 1. The Kier molecular flexibility index (Phi) is 5.25. The van der Waals surface area contributed by atoms with Crippen LogP contribution in [0.4, 0.5) is 18.9 Å². The molecule has 8 nitrogen and oxygen atoms in total. The Labute approximate surface area is 180 Å². The summed E-state index contributed by atoms with van der Waals surface area (Å²) in [6, 6.07) is 12.6. The van der Waals surface area contributed by atoms with E-state index in [2.05, 4.69) is 15.4 Å². The summed E-state index contributed by atoms with van der Waals surface area (Å²) < 4.78 is 65.6. The molecule has 0 bridgehead atoms. The highest BCUT2D eigenvalue weighted by molar-refractivity contribution is 7.92. The van der Waals surface area contributed by atoms with Gasteiger partial charge in [-0.05, 0) is 60.5 Å². The van der Waals surface area contributed by atoms with Crippen molar-refractivity contribution in [2.24, 2.45) is 10.9 Å². The second kappa shape index (κ2) is 7.79. The van der Waals surface area contributed by atoms with Crippen molar-refractivity contribution in [2.45, 2.75) is 17.5 Å². The number of anilines is 1. The molecule has 0 amide bonds. The molecule has 0 atom stereocenters. The van der Waals surface area contributed by atoms with Gasteiger partial charge in [0.05, 0.1) is 16.3 Å². The summed E-state index contributed by atoms with van der Waals surface area (Å²) in [5.74, 6) is -0.139. The van der Waals surface area contributed by atoms with Gasteiger partial charge in [0.15, 0.2) is 11.5 Å². The van der Waals surface area contributed by atoms with Crippen LogP contribution in [0.2, 0.25) is 0 Å². The SMILES string of the molecule is N/C(=N\O)c1ccc(S(=O)(=O)N2CCc3cc(-c4ccc(C(F)(F)F)nn4)ccc32)cc1. The number of oxime groups is 1. The first kappa shape index (κ1) is 21.6. The lowest BCUT2D eigenvalue weighted by Crippen LogP contribution is -2.29. The quantitative estimate of drug-likeness (QED) is 0.266. The highest BCUT2D eigenvalue weighted by Gasteiger charge is 2.33. The van der Waals surface area contributed by atoms with Crippen LogP contribution in [0.5, 0.6) is 0 Å². The smallest absolute Gasteiger partial charge is 0.409 e. The van der Waals surface area contributed by atoms with Crippen molar-refractivity contribution in [3.8, 4) is 11.3 Å². The minimum Gasteiger partial charge on any atom is -0.409 e.